The molecule has 1 N–H and O–H groups in total. The van der Waals surface area contributed by atoms with Crippen molar-refractivity contribution in [3.63, 3.8) is 0 Å². The summed E-state index contributed by atoms with van der Waals surface area (Å²) in [5.74, 6) is 0.651. The second kappa shape index (κ2) is 8.93. The Bertz CT molecular complexity index is 913. The molecule has 0 unspecified atom stereocenters. The number of piperazine rings is 1. The van der Waals surface area contributed by atoms with Crippen molar-refractivity contribution < 1.29 is 14.3 Å². The van der Waals surface area contributed by atoms with E-state index in [0.29, 0.717) is 19.5 Å². The maximum absolute atomic E-state index is 13.1. The lowest BCUT2D eigenvalue weighted by Crippen LogP contribution is -2.52. The highest BCUT2D eigenvalue weighted by atomic mass is 16.5. The van der Waals surface area contributed by atoms with Gasteiger partial charge in [-0.15, -0.1) is 0 Å². The Kier molecular flexibility index (Phi) is 6.08. The predicted octanol–water partition coefficient (Wildman–Crippen LogP) is 2.11. The summed E-state index contributed by atoms with van der Waals surface area (Å²) in [6, 6.07) is 11.5. The molecule has 1 aromatic heterocycles. The molecule has 2 saturated heterocycles. The largest absolute Gasteiger partial charge is 0.497 e. The zero-order chi connectivity index (χ0) is 21.8. The number of nitrogens with one attached hydrogen (secondary N) is 1. The molecule has 164 valence electrons. The van der Waals surface area contributed by atoms with Gasteiger partial charge in [0.1, 0.15) is 11.3 Å². The van der Waals surface area contributed by atoms with Gasteiger partial charge in [0.05, 0.1) is 13.8 Å². The molecule has 0 spiro atoms. The highest BCUT2D eigenvalue weighted by Crippen LogP contribution is 2.25. The predicted molar refractivity (Wildman–Crippen MR) is 118 cm³/mol. The Balaban J connectivity index is 1.31. The Morgan fingerprint density at radius 2 is 1.71 bits per heavy atom. The summed E-state index contributed by atoms with van der Waals surface area (Å²) in [4.78, 5) is 35.6. The molecule has 0 aliphatic carbocycles. The van der Waals surface area contributed by atoms with Crippen molar-refractivity contribution in [3.8, 4) is 5.75 Å². The number of aromatic nitrogens is 1. The summed E-state index contributed by atoms with van der Waals surface area (Å²) in [5.41, 5.74) is 1.38. The minimum absolute atomic E-state index is 0.150. The molecule has 8 nitrogen and oxygen atoms in total. The number of hydrogen-bond acceptors (Lipinski definition) is 6. The number of benzene rings is 1. The van der Waals surface area contributed by atoms with Crippen molar-refractivity contribution in [3.05, 3.63) is 54.4 Å². The lowest BCUT2D eigenvalue weighted by Gasteiger charge is -2.37. The second-order valence-electron chi connectivity index (χ2n) is 8.30. The molecule has 3 amide bonds. The van der Waals surface area contributed by atoms with E-state index >= 15 is 0 Å². The SMILES string of the molecule is COc1ccc(CC[C@]2(C)NC(=O)N(CN3CCN(c4ccncc4)CC3)C2=O)cc1. The highest BCUT2D eigenvalue weighted by molar-refractivity contribution is 6.06. The van der Waals surface area contributed by atoms with Crippen molar-refractivity contribution in [2.24, 2.45) is 0 Å². The minimum atomic E-state index is -0.879. The standard InChI is InChI=1S/C23H29N5O3/c1-23(10-7-18-3-5-20(31-2)6-4-18)21(29)28(22(30)25-23)17-26-13-15-27(16-14-26)19-8-11-24-12-9-19/h3-6,8-9,11-12H,7,10,13-17H2,1-2H3,(H,25,30)/t23-/m0/s1. The van der Waals surface area contributed by atoms with Gasteiger partial charge in [0.2, 0.25) is 0 Å². The smallest absolute Gasteiger partial charge is 0.326 e. The van der Waals surface area contributed by atoms with Gasteiger partial charge in [-0.25, -0.2) is 9.69 Å². The minimum Gasteiger partial charge on any atom is -0.497 e. The summed E-state index contributed by atoms with van der Waals surface area (Å²) >= 11 is 0. The first-order valence-electron chi connectivity index (χ1n) is 10.6. The van der Waals surface area contributed by atoms with Crippen LogP contribution in [-0.2, 0) is 11.2 Å². The van der Waals surface area contributed by atoms with Crippen LogP contribution in [0.3, 0.4) is 0 Å². The molecule has 8 heteroatoms. The summed E-state index contributed by atoms with van der Waals surface area (Å²) in [6.07, 6.45) is 4.84. The van der Waals surface area contributed by atoms with Crippen LogP contribution in [0, 0.1) is 0 Å². The average molecular weight is 424 g/mol. The number of pyridine rings is 1. The quantitative estimate of drug-likeness (QED) is 0.688. The zero-order valence-electron chi connectivity index (χ0n) is 18.1. The number of amides is 3. The van der Waals surface area contributed by atoms with Crippen LogP contribution >= 0.6 is 0 Å². The first-order chi connectivity index (χ1) is 15.0. The molecule has 2 aromatic rings. The van der Waals surface area contributed by atoms with Crippen LogP contribution in [0.5, 0.6) is 5.75 Å². The number of anilines is 1. The van der Waals surface area contributed by atoms with E-state index in [1.165, 1.54) is 4.90 Å². The average Bonchev–Trinajstić information content (AvgIpc) is 3.02. The maximum Gasteiger partial charge on any atom is 0.326 e. The third-order valence-electron chi connectivity index (χ3n) is 6.16. The first-order valence-corrected chi connectivity index (χ1v) is 10.6. The lowest BCUT2D eigenvalue weighted by molar-refractivity contribution is -0.132. The van der Waals surface area contributed by atoms with E-state index in [2.05, 4.69) is 20.1 Å². The van der Waals surface area contributed by atoms with Crippen LogP contribution in [0.25, 0.3) is 0 Å². The molecule has 2 aliphatic rings. The van der Waals surface area contributed by atoms with Crippen molar-refractivity contribution in [2.75, 3.05) is 44.9 Å². The summed E-state index contributed by atoms with van der Waals surface area (Å²) in [6.45, 7) is 5.43. The normalized spacial score (nSPS) is 22.0. The second-order valence-corrected chi connectivity index (χ2v) is 8.30. The van der Waals surface area contributed by atoms with E-state index in [1.54, 1.807) is 19.5 Å². The number of nitrogens with zero attached hydrogens (tertiary/aromatic N) is 4. The highest BCUT2D eigenvalue weighted by Gasteiger charge is 2.47. The fourth-order valence-electron chi connectivity index (χ4n) is 4.13. The summed E-state index contributed by atoms with van der Waals surface area (Å²) in [7, 11) is 1.64. The van der Waals surface area contributed by atoms with Crippen molar-refractivity contribution in [2.45, 2.75) is 25.3 Å². The number of aryl methyl sites for hydroxylation is 1. The van der Waals surface area contributed by atoms with Gasteiger partial charge in [-0.1, -0.05) is 12.1 Å². The lowest BCUT2D eigenvalue weighted by atomic mass is 9.93. The fraction of sp³-hybridized carbons (Fsp3) is 0.435. The number of ether oxygens (including phenoxy) is 1. The molecular formula is C23H29N5O3. The van der Waals surface area contributed by atoms with Gasteiger partial charge >= 0.3 is 6.03 Å². The van der Waals surface area contributed by atoms with E-state index in [0.717, 1.165) is 43.2 Å². The molecule has 2 fully saturated rings. The molecule has 31 heavy (non-hydrogen) atoms. The van der Waals surface area contributed by atoms with Gasteiger partial charge < -0.3 is 15.0 Å². The van der Waals surface area contributed by atoms with E-state index < -0.39 is 5.54 Å². The molecule has 0 radical (unpaired) electrons. The van der Waals surface area contributed by atoms with Crippen LogP contribution in [0.15, 0.2) is 48.8 Å². The molecule has 1 aromatic carbocycles. The van der Waals surface area contributed by atoms with Crippen LogP contribution in [-0.4, -0.2) is 72.2 Å². The molecular weight excluding hydrogens is 394 g/mol. The van der Waals surface area contributed by atoms with Gasteiger partial charge in [-0.2, -0.15) is 0 Å². The third kappa shape index (κ3) is 4.64. The molecule has 0 bridgehead atoms. The Morgan fingerprint density at radius 1 is 1.03 bits per heavy atom. The maximum atomic E-state index is 13.1. The van der Waals surface area contributed by atoms with E-state index in [4.69, 9.17) is 4.74 Å². The Morgan fingerprint density at radius 3 is 2.35 bits per heavy atom. The van der Waals surface area contributed by atoms with E-state index in [1.807, 2.05) is 43.3 Å². The summed E-state index contributed by atoms with van der Waals surface area (Å²) < 4.78 is 5.19. The fourth-order valence-corrected chi connectivity index (χ4v) is 4.13. The van der Waals surface area contributed by atoms with Gasteiger partial charge in [0.15, 0.2) is 0 Å². The van der Waals surface area contributed by atoms with Crippen LogP contribution in [0.2, 0.25) is 0 Å². The number of hydrogen-bond donors (Lipinski definition) is 1. The van der Waals surface area contributed by atoms with E-state index in [-0.39, 0.29) is 11.9 Å². The van der Waals surface area contributed by atoms with Crippen molar-refractivity contribution >= 4 is 17.6 Å². The molecule has 3 heterocycles. The van der Waals surface area contributed by atoms with Gasteiger partial charge in [0.25, 0.3) is 5.91 Å². The van der Waals surface area contributed by atoms with Gasteiger partial charge in [0, 0.05) is 44.3 Å². The summed E-state index contributed by atoms with van der Waals surface area (Å²) in [5, 5.41) is 2.92. The van der Waals surface area contributed by atoms with Crippen LogP contribution < -0.4 is 15.0 Å². The van der Waals surface area contributed by atoms with Crippen molar-refractivity contribution in [1.82, 2.24) is 20.1 Å². The van der Waals surface area contributed by atoms with Gasteiger partial charge in [-0.3, -0.25) is 14.7 Å². The molecule has 4 rings (SSSR count). The Hall–Kier alpha value is -3.13. The Labute approximate surface area is 182 Å². The molecule has 1 atom stereocenters. The van der Waals surface area contributed by atoms with Gasteiger partial charge in [-0.05, 0) is 49.6 Å². The monoisotopic (exact) mass is 423 g/mol. The number of rotatable bonds is 7. The number of imide groups is 1. The topological polar surface area (TPSA) is 78.0 Å². The third-order valence-corrected chi connectivity index (χ3v) is 6.16. The number of carbonyl (C=O) groups excluding carboxylic acids is 2. The van der Waals surface area contributed by atoms with Crippen LogP contribution in [0.1, 0.15) is 18.9 Å². The number of methoxy groups -OCH3 is 1. The zero-order valence-corrected chi connectivity index (χ0v) is 18.1. The number of carbonyl (C=O) groups is 2. The van der Waals surface area contributed by atoms with Crippen LogP contribution in [0.4, 0.5) is 10.5 Å². The molecule has 2 aliphatic heterocycles. The van der Waals surface area contributed by atoms with E-state index in [9.17, 15) is 9.59 Å². The number of urea groups is 1. The van der Waals surface area contributed by atoms with Crippen molar-refractivity contribution in [1.29, 1.82) is 0 Å². The first kappa shape index (κ1) is 21.1. The molecule has 0 saturated carbocycles.